The van der Waals surface area contributed by atoms with Crippen LogP contribution in [0.15, 0.2) is 279 Å². The molecule has 14 aromatic carbocycles. The summed E-state index contributed by atoms with van der Waals surface area (Å²) in [5, 5.41) is 15.0. The van der Waals surface area contributed by atoms with Gasteiger partial charge >= 0.3 is 0 Å². The van der Waals surface area contributed by atoms with E-state index < -0.39 is 0 Å². The molecular formula is C87H60ClN5. The fraction of sp³-hybridized carbons (Fsp3) is 0.0805. The van der Waals surface area contributed by atoms with Crippen LogP contribution in [0, 0.1) is 0 Å². The topological polar surface area (TPSA) is 56.5 Å². The lowest BCUT2D eigenvalue weighted by molar-refractivity contribution is 0.661. The molecule has 3 heterocycles. The highest BCUT2D eigenvalue weighted by molar-refractivity contribution is 6.29. The van der Waals surface area contributed by atoms with Crippen LogP contribution in [-0.4, -0.2) is 24.5 Å². The van der Waals surface area contributed by atoms with Crippen molar-refractivity contribution in [3.63, 3.8) is 0 Å². The molecule has 0 saturated heterocycles. The van der Waals surface area contributed by atoms with Gasteiger partial charge in [0.2, 0.25) is 11.2 Å². The molecular weight excluding hydrogens is 1150 g/mol. The number of benzene rings is 14. The van der Waals surface area contributed by atoms with E-state index in [-0.39, 0.29) is 16.1 Å². The first-order valence-corrected chi connectivity index (χ1v) is 32.5. The molecule has 0 bridgehead atoms. The molecule has 0 saturated carbocycles. The minimum absolute atomic E-state index is 0.0860. The van der Waals surface area contributed by atoms with Crippen molar-refractivity contribution in [2.45, 2.75) is 44.9 Å². The van der Waals surface area contributed by atoms with E-state index >= 15 is 0 Å². The van der Waals surface area contributed by atoms with Crippen LogP contribution >= 0.6 is 11.6 Å². The summed E-state index contributed by atoms with van der Waals surface area (Å²) in [5.41, 5.74) is 24.3. The Morgan fingerprint density at radius 2 is 0.785 bits per heavy atom. The summed E-state index contributed by atoms with van der Waals surface area (Å²) in [6.07, 6.45) is 1.08. The van der Waals surface area contributed by atoms with Crippen LogP contribution in [0.1, 0.15) is 61.1 Å². The Morgan fingerprint density at radius 3 is 1.40 bits per heavy atom. The van der Waals surface area contributed by atoms with Crippen molar-refractivity contribution in [3.05, 3.63) is 318 Å². The van der Waals surface area contributed by atoms with Crippen molar-refractivity contribution >= 4 is 98.3 Å². The van der Waals surface area contributed by atoms with Gasteiger partial charge in [-0.15, -0.1) is 0 Å². The summed E-state index contributed by atoms with van der Waals surface area (Å²) in [6.45, 7) is 9.31. The number of aromatic nitrogens is 5. The molecule has 20 rings (SSSR count). The van der Waals surface area contributed by atoms with Crippen molar-refractivity contribution in [1.29, 1.82) is 0 Å². The van der Waals surface area contributed by atoms with Crippen LogP contribution in [-0.2, 0) is 17.3 Å². The van der Waals surface area contributed by atoms with Gasteiger partial charge in [-0.05, 0) is 176 Å². The van der Waals surface area contributed by atoms with Gasteiger partial charge in [-0.2, -0.15) is 0 Å². The molecule has 5 nitrogen and oxygen atoms in total. The molecule has 0 N–H and O–H groups in total. The highest BCUT2D eigenvalue weighted by Gasteiger charge is 2.38. The number of rotatable bonds is 3. The quantitative estimate of drug-likeness (QED) is 0.165. The molecule has 0 radical (unpaired) electrons. The molecule has 0 atom stereocenters. The van der Waals surface area contributed by atoms with E-state index in [9.17, 15) is 0 Å². The van der Waals surface area contributed by atoms with Crippen molar-refractivity contribution in [3.8, 4) is 61.8 Å². The zero-order valence-electron chi connectivity index (χ0n) is 51.9. The molecule has 440 valence electrons. The lowest BCUT2D eigenvalue weighted by atomic mass is 9.81. The van der Waals surface area contributed by atoms with Gasteiger partial charge in [-0.3, -0.25) is 4.57 Å². The van der Waals surface area contributed by atoms with Gasteiger partial charge in [0.1, 0.15) is 0 Å². The van der Waals surface area contributed by atoms with Gasteiger partial charge in [0.15, 0.2) is 0 Å². The van der Waals surface area contributed by atoms with E-state index in [1.807, 2.05) is 18.2 Å². The Labute approximate surface area is 543 Å². The van der Waals surface area contributed by atoms with Crippen LogP contribution in [0.5, 0.6) is 0 Å². The Morgan fingerprint density at radius 1 is 0.312 bits per heavy atom. The number of hydrogen-bond acceptors (Lipinski definition) is 4. The molecule has 0 aliphatic heterocycles. The molecule has 93 heavy (non-hydrogen) atoms. The molecule has 3 aromatic heterocycles. The minimum Gasteiger partial charge on any atom is -0.278 e. The zero-order valence-corrected chi connectivity index (χ0v) is 52.6. The average molecular weight is 1210 g/mol. The smallest absolute Gasteiger partial charge is 0.235 e. The predicted octanol–water partition coefficient (Wildman–Crippen LogP) is 22.8. The predicted molar refractivity (Wildman–Crippen MR) is 389 cm³/mol. The minimum atomic E-state index is -0.135. The van der Waals surface area contributed by atoms with E-state index in [2.05, 4.69) is 303 Å². The SMILES string of the molecule is CC1(C)c2cc(-c3nc(-n4c5ccccc5c5cc6ccccc6cc54)nc4ccccc34)ccc2-c2c1ccc1ccccc21.CC1(C)c2cc(-c3nc(Cl)nc4ccccc34)ccc2-c2c1ccc1ccccc21.c1ccc2c(c1)Cc1cc3ccccc3cc1-2. The number of nitrogens with zero attached hydrogens (tertiary/aromatic N) is 5. The maximum atomic E-state index is 6.26. The van der Waals surface area contributed by atoms with E-state index in [1.165, 1.54) is 121 Å². The Balaban J connectivity index is 0.000000115. The lowest BCUT2D eigenvalue weighted by Gasteiger charge is -2.22. The second-order valence-corrected chi connectivity index (χ2v) is 26.5. The van der Waals surface area contributed by atoms with Gasteiger partial charge in [-0.1, -0.05) is 258 Å². The van der Waals surface area contributed by atoms with E-state index in [0.717, 1.165) is 61.8 Å². The Kier molecular flexibility index (Phi) is 12.4. The maximum Gasteiger partial charge on any atom is 0.235 e. The first-order chi connectivity index (χ1) is 45.5. The number of fused-ring (bicyclic) bond motifs is 20. The largest absolute Gasteiger partial charge is 0.278 e. The van der Waals surface area contributed by atoms with E-state index in [4.69, 9.17) is 21.6 Å². The number of para-hydroxylation sites is 3. The summed E-state index contributed by atoms with van der Waals surface area (Å²) in [5.74, 6) is 0.684. The highest BCUT2D eigenvalue weighted by Crippen LogP contribution is 2.54. The average Bonchev–Trinajstić information content (AvgIpc) is 1.58. The fourth-order valence-corrected chi connectivity index (χ4v) is 15.8. The second-order valence-electron chi connectivity index (χ2n) is 26.2. The van der Waals surface area contributed by atoms with Crippen molar-refractivity contribution in [2.24, 2.45) is 0 Å². The van der Waals surface area contributed by atoms with Crippen LogP contribution in [0.3, 0.4) is 0 Å². The standard InChI is InChI=1S/C43H29N3.C27H19ClN2.C17H12/c1-43(2)35-22-20-26-11-5-6-14-30(26)40(35)32-21-19-29(24-36(32)43)41-33-16-7-9-17-37(33)44-42(45-41)46-38-18-10-8-15-31(38)34-23-27-12-3-4-13-28(27)25-39(34)46;1-27(2)21-14-12-16-7-3-4-8-18(16)24(21)19-13-11-17(15-22(19)27)25-20-9-5-6-10-23(20)29-26(28)30-25;1-2-6-13-11-17-15(9-12(13)5-1)10-14-7-3-4-8-16(14)17/h3-25H,1-2H3;3-15H,1-2H3;1-9,11H,10H2. The van der Waals surface area contributed by atoms with Gasteiger partial charge < -0.3 is 0 Å². The summed E-state index contributed by atoms with van der Waals surface area (Å²) in [7, 11) is 0. The molecule has 0 amide bonds. The van der Waals surface area contributed by atoms with Crippen molar-refractivity contribution < 1.29 is 0 Å². The lowest BCUT2D eigenvalue weighted by Crippen LogP contribution is -2.15. The van der Waals surface area contributed by atoms with Gasteiger partial charge in [0, 0.05) is 43.5 Å². The van der Waals surface area contributed by atoms with Crippen molar-refractivity contribution in [2.75, 3.05) is 0 Å². The van der Waals surface area contributed by atoms with E-state index in [1.54, 1.807) is 0 Å². The summed E-state index contributed by atoms with van der Waals surface area (Å²) in [6, 6.07) is 100. The third-order valence-electron chi connectivity index (χ3n) is 20.2. The Hall–Kier alpha value is -11.1. The van der Waals surface area contributed by atoms with Crippen LogP contribution < -0.4 is 0 Å². The number of halogens is 1. The highest BCUT2D eigenvalue weighted by atomic mass is 35.5. The maximum absolute atomic E-state index is 6.26. The first-order valence-electron chi connectivity index (χ1n) is 32.1. The molecule has 6 heteroatoms. The molecule has 0 fully saturated rings. The van der Waals surface area contributed by atoms with Crippen LogP contribution in [0.2, 0.25) is 5.28 Å². The second kappa shape index (κ2) is 21.0. The summed E-state index contributed by atoms with van der Waals surface area (Å²) < 4.78 is 2.24. The molecule has 17 aromatic rings. The third-order valence-corrected chi connectivity index (χ3v) is 20.4. The first kappa shape index (κ1) is 54.8. The van der Waals surface area contributed by atoms with Crippen LogP contribution in [0.25, 0.3) is 149 Å². The monoisotopic (exact) mass is 1210 g/mol. The molecule has 3 aliphatic rings. The molecule has 3 aliphatic carbocycles. The van der Waals surface area contributed by atoms with Gasteiger partial charge in [-0.25, -0.2) is 19.9 Å². The Bertz CT molecular complexity index is 6010. The zero-order chi connectivity index (χ0) is 62.3. The normalized spacial score (nSPS) is 13.6. The molecule has 0 spiro atoms. The summed E-state index contributed by atoms with van der Waals surface area (Å²) in [4.78, 5) is 19.6. The number of hydrogen-bond donors (Lipinski definition) is 0. The third kappa shape index (κ3) is 8.68. The van der Waals surface area contributed by atoms with Gasteiger partial charge in [0.05, 0.1) is 33.5 Å². The summed E-state index contributed by atoms with van der Waals surface area (Å²) >= 11 is 6.26. The van der Waals surface area contributed by atoms with E-state index in [0.29, 0.717) is 5.95 Å². The van der Waals surface area contributed by atoms with Crippen LogP contribution in [0.4, 0.5) is 0 Å². The molecule has 0 unspecified atom stereocenters. The van der Waals surface area contributed by atoms with Crippen molar-refractivity contribution in [1.82, 2.24) is 24.5 Å². The fourth-order valence-electron chi connectivity index (χ4n) is 15.7. The van der Waals surface area contributed by atoms with Gasteiger partial charge in [0.25, 0.3) is 0 Å².